The zero-order chi connectivity index (χ0) is 13.1. The van der Waals surface area contributed by atoms with Crippen LogP contribution < -0.4 is 0 Å². The molecule has 1 aromatic carbocycles. The van der Waals surface area contributed by atoms with Crippen molar-refractivity contribution in [1.82, 2.24) is 0 Å². The van der Waals surface area contributed by atoms with Gasteiger partial charge in [0.25, 0.3) is 0 Å². The molecule has 0 atom stereocenters. The lowest BCUT2D eigenvalue weighted by Gasteiger charge is -2.13. The van der Waals surface area contributed by atoms with E-state index in [4.69, 9.17) is 4.84 Å². The summed E-state index contributed by atoms with van der Waals surface area (Å²) in [5.74, 6) is 0.574. The topological polar surface area (TPSA) is 12.2 Å². The summed E-state index contributed by atoms with van der Waals surface area (Å²) in [6.07, 6.45) is 2.03. The summed E-state index contributed by atoms with van der Waals surface area (Å²) in [4.78, 5) is 5.37. The zero-order valence-corrected chi connectivity index (χ0v) is 11.8. The molecule has 0 bridgehead atoms. The Morgan fingerprint density at radius 3 is 2.00 bits per heavy atom. The largest absolute Gasteiger partial charge is 0.280 e. The minimum atomic E-state index is -0.0362. The van der Waals surface area contributed by atoms with Crippen LogP contribution in [-0.4, -0.2) is 23.6 Å². The van der Waals surface area contributed by atoms with Crippen LogP contribution in [-0.2, 0) is 4.84 Å². The Bertz CT molecular complexity index is 382. The Kier molecular flexibility index (Phi) is 4.33. The second-order valence-corrected chi connectivity index (χ2v) is 5.63. The molecule has 0 aromatic heterocycles. The van der Waals surface area contributed by atoms with Gasteiger partial charge in [-0.2, -0.15) is 0 Å². The lowest BCUT2D eigenvalue weighted by atomic mass is 10.0. The summed E-state index contributed by atoms with van der Waals surface area (Å²) in [6.45, 7) is 10.8. The van der Waals surface area contributed by atoms with Gasteiger partial charge in [0, 0.05) is 26.3 Å². The van der Waals surface area contributed by atoms with E-state index in [0.717, 1.165) is 5.56 Å². The summed E-state index contributed by atoms with van der Waals surface area (Å²) in [7, 11) is 1.70. The minimum Gasteiger partial charge on any atom is -0.280 e. The highest BCUT2D eigenvalue weighted by Gasteiger charge is 2.25. The second-order valence-electron chi connectivity index (χ2n) is 5.63. The van der Waals surface area contributed by atoms with E-state index in [-0.39, 0.29) is 5.54 Å². The first-order valence-electron chi connectivity index (χ1n) is 6.13. The SMILES string of the molecule is CO/[N+](=C\c1ccc(C(C)C)cc1)C(C)(C)C. The Labute approximate surface area is 105 Å². The highest BCUT2D eigenvalue weighted by molar-refractivity contribution is 5.75. The maximum absolute atomic E-state index is 5.37. The van der Waals surface area contributed by atoms with Crippen molar-refractivity contribution < 1.29 is 9.58 Å². The highest BCUT2D eigenvalue weighted by Crippen LogP contribution is 2.14. The maximum Gasteiger partial charge on any atom is 0.223 e. The van der Waals surface area contributed by atoms with Crippen molar-refractivity contribution in [3.63, 3.8) is 0 Å². The molecule has 1 aromatic rings. The van der Waals surface area contributed by atoms with Crippen LogP contribution in [0.5, 0.6) is 0 Å². The van der Waals surface area contributed by atoms with E-state index in [0.29, 0.717) is 5.92 Å². The molecule has 0 unspecified atom stereocenters. The van der Waals surface area contributed by atoms with Gasteiger partial charge in [0.1, 0.15) is 7.11 Å². The molecule has 94 valence electrons. The number of hydrogen-bond acceptors (Lipinski definition) is 1. The third-order valence-electron chi connectivity index (χ3n) is 2.73. The fourth-order valence-electron chi connectivity index (χ4n) is 1.62. The quantitative estimate of drug-likeness (QED) is 0.442. The van der Waals surface area contributed by atoms with Crippen LogP contribution >= 0.6 is 0 Å². The van der Waals surface area contributed by atoms with Crippen molar-refractivity contribution in [2.45, 2.75) is 46.1 Å². The minimum absolute atomic E-state index is 0.0362. The van der Waals surface area contributed by atoms with Crippen molar-refractivity contribution >= 4 is 6.21 Å². The molecule has 0 aliphatic carbocycles. The predicted octanol–water partition coefficient (Wildman–Crippen LogP) is 3.60. The Morgan fingerprint density at radius 2 is 1.65 bits per heavy atom. The van der Waals surface area contributed by atoms with E-state index in [1.165, 1.54) is 5.56 Å². The third kappa shape index (κ3) is 3.88. The van der Waals surface area contributed by atoms with Crippen molar-refractivity contribution in [3.05, 3.63) is 35.4 Å². The fraction of sp³-hybridized carbons (Fsp3) is 0.533. The van der Waals surface area contributed by atoms with Gasteiger partial charge in [-0.15, -0.1) is 0 Å². The third-order valence-corrected chi connectivity index (χ3v) is 2.73. The van der Waals surface area contributed by atoms with Crippen molar-refractivity contribution in [2.24, 2.45) is 0 Å². The smallest absolute Gasteiger partial charge is 0.223 e. The zero-order valence-electron chi connectivity index (χ0n) is 11.8. The Morgan fingerprint density at radius 1 is 1.12 bits per heavy atom. The number of hydroxylamine groups is 1. The van der Waals surface area contributed by atoms with Crippen LogP contribution in [0.1, 0.15) is 51.7 Å². The molecule has 0 radical (unpaired) electrons. The number of nitrogens with zero attached hydrogens (tertiary/aromatic N) is 1. The maximum atomic E-state index is 5.37. The van der Waals surface area contributed by atoms with E-state index in [9.17, 15) is 0 Å². The monoisotopic (exact) mass is 234 g/mol. The van der Waals surface area contributed by atoms with Gasteiger partial charge in [-0.1, -0.05) is 26.0 Å². The molecule has 0 N–H and O–H groups in total. The van der Waals surface area contributed by atoms with Gasteiger partial charge in [0.05, 0.1) is 0 Å². The predicted molar refractivity (Wildman–Crippen MR) is 72.7 cm³/mol. The van der Waals surface area contributed by atoms with Gasteiger partial charge in [0.2, 0.25) is 11.8 Å². The van der Waals surface area contributed by atoms with Crippen LogP contribution in [0.3, 0.4) is 0 Å². The van der Waals surface area contributed by atoms with E-state index in [1.54, 1.807) is 7.11 Å². The second kappa shape index (κ2) is 5.35. The van der Waals surface area contributed by atoms with Gasteiger partial charge in [-0.05, 0) is 28.4 Å². The van der Waals surface area contributed by atoms with Gasteiger partial charge in [-0.25, -0.2) is 0 Å². The molecule has 0 aliphatic heterocycles. The Balaban J connectivity index is 2.98. The number of benzene rings is 1. The van der Waals surface area contributed by atoms with Crippen molar-refractivity contribution in [1.29, 1.82) is 0 Å². The standard InChI is InChI=1S/C15H24NO/c1-12(2)14-9-7-13(8-10-14)11-16(17-6)15(3,4)5/h7-12H,1-6H3/q+1/b16-11-. The van der Waals surface area contributed by atoms with Crippen LogP contribution in [0.4, 0.5) is 0 Å². The van der Waals surface area contributed by atoms with Crippen molar-refractivity contribution in [2.75, 3.05) is 7.11 Å². The van der Waals surface area contributed by atoms with Gasteiger partial charge in [-0.3, -0.25) is 4.84 Å². The van der Waals surface area contributed by atoms with Crippen LogP contribution in [0.15, 0.2) is 24.3 Å². The van der Waals surface area contributed by atoms with E-state index >= 15 is 0 Å². The van der Waals surface area contributed by atoms with Gasteiger partial charge >= 0.3 is 0 Å². The number of hydrogen-bond donors (Lipinski definition) is 0. The summed E-state index contributed by atoms with van der Waals surface area (Å²) < 4.78 is 1.87. The van der Waals surface area contributed by atoms with Crippen molar-refractivity contribution in [3.8, 4) is 0 Å². The van der Waals surface area contributed by atoms with E-state index in [2.05, 4.69) is 58.9 Å². The van der Waals surface area contributed by atoms with Crippen LogP contribution in [0.25, 0.3) is 0 Å². The summed E-state index contributed by atoms with van der Waals surface area (Å²) in [5, 5.41) is 0. The molecule has 0 fully saturated rings. The summed E-state index contributed by atoms with van der Waals surface area (Å²) >= 11 is 0. The molecule has 1 rings (SSSR count). The van der Waals surface area contributed by atoms with Gasteiger partial charge < -0.3 is 0 Å². The lowest BCUT2D eigenvalue weighted by molar-refractivity contribution is -0.821. The molecule has 0 aliphatic rings. The molecule has 0 saturated carbocycles. The van der Waals surface area contributed by atoms with Crippen LogP contribution in [0.2, 0.25) is 0 Å². The number of rotatable bonds is 3. The van der Waals surface area contributed by atoms with Gasteiger partial charge in [0.15, 0.2) is 0 Å². The molecular weight excluding hydrogens is 210 g/mol. The molecule has 2 heteroatoms. The first kappa shape index (κ1) is 13.8. The van der Waals surface area contributed by atoms with E-state index in [1.807, 2.05) is 11.0 Å². The molecule has 0 spiro atoms. The summed E-state index contributed by atoms with van der Waals surface area (Å²) in [6, 6.07) is 8.61. The average molecular weight is 234 g/mol. The highest BCUT2D eigenvalue weighted by atomic mass is 16.7. The Hall–Kier alpha value is -1.31. The average Bonchev–Trinajstić information content (AvgIpc) is 2.24. The first-order chi connectivity index (χ1) is 7.84. The fourth-order valence-corrected chi connectivity index (χ4v) is 1.62. The lowest BCUT2D eigenvalue weighted by Crippen LogP contribution is -2.33. The normalized spacial score (nSPS) is 13.0. The molecule has 0 amide bonds. The summed E-state index contributed by atoms with van der Waals surface area (Å²) in [5.41, 5.74) is 2.49. The molecule has 2 nitrogen and oxygen atoms in total. The first-order valence-corrected chi connectivity index (χ1v) is 6.13. The molecule has 17 heavy (non-hydrogen) atoms. The van der Waals surface area contributed by atoms with Crippen LogP contribution in [0, 0.1) is 0 Å². The molecule has 0 saturated heterocycles. The molecular formula is C15H24NO+. The molecule has 0 heterocycles. The van der Waals surface area contributed by atoms with E-state index < -0.39 is 0 Å².